The Kier molecular flexibility index (Phi) is 5.74. The number of ether oxygens (including phenoxy) is 1. The van der Waals surface area contributed by atoms with Crippen LogP contribution in [0, 0.1) is 6.92 Å². The summed E-state index contributed by atoms with van der Waals surface area (Å²) in [6.07, 6.45) is 1.10. The molecule has 3 rings (SSSR count). The molecule has 1 aliphatic rings. The number of aryl methyl sites for hydroxylation is 1. The number of nitrogens with zero attached hydrogens (tertiary/aromatic N) is 1. The van der Waals surface area contributed by atoms with E-state index in [0.29, 0.717) is 41.4 Å². The Morgan fingerprint density at radius 1 is 1.22 bits per heavy atom. The number of sulfonamides is 1. The molecule has 0 radical (unpaired) electrons. The summed E-state index contributed by atoms with van der Waals surface area (Å²) in [5, 5.41) is 3.34. The summed E-state index contributed by atoms with van der Waals surface area (Å²) in [6, 6.07) is 10.8. The van der Waals surface area contributed by atoms with Crippen LogP contribution in [0.4, 0.5) is 5.69 Å². The Bertz CT molecular complexity index is 945. The summed E-state index contributed by atoms with van der Waals surface area (Å²) in [4.78, 5) is 12.9. The van der Waals surface area contributed by atoms with Crippen LogP contribution in [-0.2, 0) is 14.8 Å². The van der Waals surface area contributed by atoms with Gasteiger partial charge in [-0.1, -0.05) is 17.7 Å². The summed E-state index contributed by atoms with van der Waals surface area (Å²) in [5.74, 6) is 0.111. The fourth-order valence-electron chi connectivity index (χ4n) is 3.16. The largest absolute Gasteiger partial charge is 0.497 e. The molecule has 2 aromatic rings. The predicted molar refractivity (Wildman–Crippen MR) is 105 cm³/mol. The van der Waals surface area contributed by atoms with Crippen molar-refractivity contribution in [3.05, 3.63) is 53.1 Å². The van der Waals surface area contributed by atoms with Gasteiger partial charge in [-0.05, 0) is 55.7 Å². The van der Waals surface area contributed by atoms with Crippen molar-refractivity contribution >= 4 is 33.2 Å². The zero-order valence-electron chi connectivity index (χ0n) is 15.1. The molecular weight excluding hydrogens is 388 g/mol. The second kappa shape index (κ2) is 7.88. The SMILES string of the molecule is COc1ccc(C)c(S(=O)(=O)N2CCC[C@H]2C(=O)Nc2ccc(Cl)cc2)c1. The van der Waals surface area contributed by atoms with E-state index in [-0.39, 0.29) is 10.8 Å². The lowest BCUT2D eigenvalue weighted by Gasteiger charge is -2.24. The highest BCUT2D eigenvalue weighted by atomic mass is 35.5. The van der Waals surface area contributed by atoms with Crippen LogP contribution in [0.3, 0.4) is 0 Å². The maximum atomic E-state index is 13.2. The third-order valence-electron chi connectivity index (χ3n) is 4.60. The molecule has 2 aromatic carbocycles. The molecule has 27 heavy (non-hydrogen) atoms. The number of hydrogen-bond acceptors (Lipinski definition) is 4. The fourth-order valence-corrected chi connectivity index (χ4v) is 5.18. The second-order valence-electron chi connectivity index (χ2n) is 6.40. The number of anilines is 1. The van der Waals surface area contributed by atoms with E-state index in [2.05, 4.69) is 5.32 Å². The zero-order chi connectivity index (χ0) is 19.6. The molecule has 1 amide bonds. The number of carbonyl (C=O) groups is 1. The molecular formula is C19H21ClN2O4S. The molecule has 1 atom stereocenters. The molecule has 0 spiro atoms. The van der Waals surface area contributed by atoms with Crippen molar-refractivity contribution in [1.82, 2.24) is 4.31 Å². The highest BCUT2D eigenvalue weighted by molar-refractivity contribution is 7.89. The third kappa shape index (κ3) is 4.10. The minimum atomic E-state index is -3.82. The molecule has 1 heterocycles. The number of nitrogens with one attached hydrogen (secondary N) is 1. The molecule has 0 aliphatic carbocycles. The highest BCUT2D eigenvalue weighted by Crippen LogP contribution is 2.30. The van der Waals surface area contributed by atoms with Gasteiger partial charge in [0.1, 0.15) is 11.8 Å². The first-order chi connectivity index (χ1) is 12.8. The van der Waals surface area contributed by atoms with Gasteiger partial charge in [0.05, 0.1) is 12.0 Å². The monoisotopic (exact) mass is 408 g/mol. The van der Waals surface area contributed by atoms with E-state index in [4.69, 9.17) is 16.3 Å². The number of carbonyl (C=O) groups excluding carboxylic acids is 1. The molecule has 0 bridgehead atoms. The molecule has 8 heteroatoms. The Labute approximate surface area is 164 Å². The number of benzene rings is 2. The summed E-state index contributed by atoms with van der Waals surface area (Å²) in [6.45, 7) is 2.03. The molecule has 1 saturated heterocycles. The van der Waals surface area contributed by atoms with Crippen LogP contribution < -0.4 is 10.1 Å². The molecule has 6 nitrogen and oxygen atoms in total. The topological polar surface area (TPSA) is 75.7 Å². The molecule has 0 unspecified atom stereocenters. The zero-order valence-corrected chi connectivity index (χ0v) is 16.7. The molecule has 1 aliphatic heterocycles. The molecule has 1 N–H and O–H groups in total. The molecule has 1 fully saturated rings. The van der Waals surface area contributed by atoms with Crippen molar-refractivity contribution in [1.29, 1.82) is 0 Å². The van der Waals surface area contributed by atoms with Gasteiger partial charge in [-0.15, -0.1) is 0 Å². The predicted octanol–water partition coefficient (Wildman–Crippen LogP) is 3.45. The van der Waals surface area contributed by atoms with Gasteiger partial charge in [-0.3, -0.25) is 4.79 Å². The lowest BCUT2D eigenvalue weighted by Crippen LogP contribution is -2.43. The smallest absolute Gasteiger partial charge is 0.244 e. The second-order valence-corrected chi connectivity index (χ2v) is 8.70. The van der Waals surface area contributed by atoms with Gasteiger partial charge in [0, 0.05) is 23.3 Å². The average molecular weight is 409 g/mol. The summed E-state index contributed by atoms with van der Waals surface area (Å²) in [7, 11) is -2.34. The van der Waals surface area contributed by atoms with Crippen LogP contribution in [-0.4, -0.2) is 38.3 Å². The van der Waals surface area contributed by atoms with Crippen molar-refractivity contribution in [2.45, 2.75) is 30.7 Å². The lowest BCUT2D eigenvalue weighted by atomic mass is 10.2. The van der Waals surface area contributed by atoms with Crippen molar-refractivity contribution < 1.29 is 17.9 Å². The Morgan fingerprint density at radius 3 is 2.59 bits per heavy atom. The van der Waals surface area contributed by atoms with Crippen LogP contribution in [0.1, 0.15) is 18.4 Å². The van der Waals surface area contributed by atoms with E-state index < -0.39 is 16.1 Å². The number of halogens is 1. The summed E-state index contributed by atoms with van der Waals surface area (Å²) >= 11 is 5.86. The van der Waals surface area contributed by atoms with Crippen LogP contribution in [0.2, 0.25) is 5.02 Å². The number of methoxy groups -OCH3 is 1. The Balaban J connectivity index is 1.86. The van der Waals surface area contributed by atoms with Gasteiger partial charge in [0.15, 0.2) is 0 Å². The fraction of sp³-hybridized carbons (Fsp3) is 0.316. The molecule has 0 saturated carbocycles. The standard InChI is InChI=1S/C19H21ClN2O4S/c1-13-5-10-16(26-2)12-18(13)27(24,25)22-11-3-4-17(22)19(23)21-15-8-6-14(20)7-9-15/h5-10,12,17H,3-4,11H2,1-2H3,(H,21,23)/t17-/m0/s1. The molecule has 0 aromatic heterocycles. The van der Waals surface area contributed by atoms with Gasteiger partial charge >= 0.3 is 0 Å². The van der Waals surface area contributed by atoms with Gasteiger partial charge < -0.3 is 10.1 Å². The maximum absolute atomic E-state index is 13.2. The van der Waals surface area contributed by atoms with E-state index in [1.165, 1.54) is 17.5 Å². The van der Waals surface area contributed by atoms with Gasteiger partial charge in [0.2, 0.25) is 15.9 Å². The highest BCUT2D eigenvalue weighted by Gasteiger charge is 2.40. The van der Waals surface area contributed by atoms with Crippen LogP contribution in [0.25, 0.3) is 0 Å². The van der Waals surface area contributed by atoms with E-state index in [0.717, 1.165) is 0 Å². The van der Waals surface area contributed by atoms with Crippen molar-refractivity contribution in [3.63, 3.8) is 0 Å². The average Bonchev–Trinajstić information content (AvgIpc) is 3.15. The first kappa shape index (κ1) is 19.7. The van der Waals surface area contributed by atoms with E-state index in [9.17, 15) is 13.2 Å². The summed E-state index contributed by atoms with van der Waals surface area (Å²) in [5.41, 5.74) is 1.19. The maximum Gasteiger partial charge on any atom is 0.244 e. The van der Waals surface area contributed by atoms with E-state index >= 15 is 0 Å². The first-order valence-electron chi connectivity index (χ1n) is 8.56. The van der Waals surface area contributed by atoms with Crippen LogP contribution in [0.15, 0.2) is 47.4 Å². The van der Waals surface area contributed by atoms with E-state index in [1.54, 1.807) is 43.3 Å². The summed E-state index contributed by atoms with van der Waals surface area (Å²) < 4.78 is 32.9. The van der Waals surface area contributed by atoms with Crippen molar-refractivity contribution in [3.8, 4) is 5.75 Å². The van der Waals surface area contributed by atoms with Gasteiger partial charge in [-0.25, -0.2) is 8.42 Å². The van der Waals surface area contributed by atoms with Gasteiger partial charge in [-0.2, -0.15) is 4.31 Å². The van der Waals surface area contributed by atoms with Crippen molar-refractivity contribution in [2.75, 3.05) is 19.0 Å². The Morgan fingerprint density at radius 2 is 1.93 bits per heavy atom. The van der Waals surface area contributed by atoms with Crippen LogP contribution >= 0.6 is 11.6 Å². The lowest BCUT2D eigenvalue weighted by molar-refractivity contribution is -0.119. The van der Waals surface area contributed by atoms with Gasteiger partial charge in [0.25, 0.3) is 0 Å². The number of amides is 1. The third-order valence-corrected chi connectivity index (χ3v) is 6.90. The normalized spacial score (nSPS) is 17.7. The van der Waals surface area contributed by atoms with Crippen LogP contribution in [0.5, 0.6) is 5.75 Å². The van der Waals surface area contributed by atoms with Crippen molar-refractivity contribution in [2.24, 2.45) is 0 Å². The Hall–Kier alpha value is -2.09. The quantitative estimate of drug-likeness (QED) is 0.822. The van der Waals surface area contributed by atoms with E-state index in [1.807, 2.05) is 0 Å². The minimum Gasteiger partial charge on any atom is -0.497 e. The molecule has 144 valence electrons. The number of hydrogen-bond donors (Lipinski definition) is 1. The first-order valence-corrected chi connectivity index (χ1v) is 10.4. The number of rotatable bonds is 5. The minimum absolute atomic E-state index is 0.160.